The van der Waals surface area contributed by atoms with Gasteiger partial charge in [0.2, 0.25) is 0 Å². The second-order valence-electron chi connectivity index (χ2n) is 7.12. The van der Waals surface area contributed by atoms with Gasteiger partial charge in [-0.25, -0.2) is 17.6 Å². The maximum absolute atomic E-state index is 15.1. The number of methoxy groups -OCH3 is 1. The predicted octanol–water partition coefficient (Wildman–Crippen LogP) is 6.04. The summed E-state index contributed by atoms with van der Waals surface area (Å²) >= 11 is 0. The number of pyridine rings is 1. The first-order chi connectivity index (χ1) is 15.6. The third-order valence-electron chi connectivity index (χ3n) is 5.06. The van der Waals surface area contributed by atoms with Crippen LogP contribution in [0.5, 0.6) is 5.75 Å². The Hall–Kier alpha value is -3.50. The molecule has 33 heavy (non-hydrogen) atoms. The molecule has 3 aromatic carbocycles. The van der Waals surface area contributed by atoms with E-state index in [1.54, 1.807) is 0 Å². The summed E-state index contributed by atoms with van der Waals surface area (Å²) in [7, 11) is -3.11. The van der Waals surface area contributed by atoms with E-state index in [1.807, 2.05) is 0 Å². The van der Waals surface area contributed by atoms with Crippen LogP contribution in [0.2, 0.25) is 0 Å². The van der Waals surface area contributed by atoms with Gasteiger partial charge in [0, 0.05) is 28.3 Å². The van der Waals surface area contributed by atoms with Gasteiger partial charge in [-0.1, -0.05) is 6.07 Å². The minimum atomic E-state index is -4.43. The van der Waals surface area contributed by atoms with Gasteiger partial charge in [0.05, 0.1) is 17.7 Å². The van der Waals surface area contributed by atoms with Crippen molar-refractivity contribution in [1.29, 1.82) is 0 Å². The van der Waals surface area contributed by atoms with E-state index in [-0.39, 0.29) is 33.0 Å². The molecule has 0 aliphatic heterocycles. The van der Waals surface area contributed by atoms with Gasteiger partial charge in [-0.05, 0) is 59.5 Å². The zero-order valence-corrected chi connectivity index (χ0v) is 17.7. The number of fused-ring (bicyclic) bond motifs is 1. The molecule has 0 unspecified atom stereocenters. The first-order valence-corrected chi connectivity index (χ1v) is 10.9. The quantitative estimate of drug-likeness (QED) is 0.280. The van der Waals surface area contributed by atoms with Crippen LogP contribution in [0.15, 0.2) is 65.7 Å². The van der Waals surface area contributed by atoms with E-state index in [1.165, 1.54) is 43.6 Å². The molecule has 1 heterocycles. The third kappa shape index (κ3) is 4.39. The largest absolute Gasteiger partial charge is 0.496 e. The number of halogens is 4. The van der Waals surface area contributed by atoms with Gasteiger partial charge >= 0.3 is 0 Å². The number of rotatable bonds is 5. The van der Waals surface area contributed by atoms with E-state index >= 15 is 4.39 Å². The Labute approximate surface area is 186 Å². The molecule has 10 heteroatoms. The maximum Gasteiger partial charge on any atom is 0.294 e. The van der Waals surface area contributed by atoms with E-state index < -0.39 is 33.7 Å². The van der Waals surface area contributed by atoms with Gasteiger partial charge in [-0.3, -0.25) is 9.54 Å². The summed E-state index contributed by atoms with van der Waals surface area (Å²) in [6.07, 6.45) is -1.56. The minimum Gasteiger partial charge on any atom is -0.496 e. The van der Waals surface area contributed by atoms with Crippen LogP contribution in [-0.4, -0.2) is 25.1 Å². The summed E-state index contributed by atoms with van der Waals surface area (Å²) in [4.78, 5) is 3.94. The molecular weight excluding hydrogens is 462 g/mol. The van der Waals surface area contributed by atoms with Crippen molar-refractivity contribution in [2.45, 2.75) is 11.3 Å². The van der Waals surface area contributed by atoms with Gasteiger partial charge in [-0.15, -0.1) is 0 Å². The van der Waals surface area contributed by atoms with Crippen LogP contribution in [0.1, 0.15) is 12.0 Å². The smallest absolute Gasteiger partial charge is 0.294 e. The number of hydrogen-bond acceptors (Lipinski definition) is 4. The molecule has 0 amide bonds. The van der Waals surface area contributed by atoms with Gasteiger partial charge in [-0.2, -0.15) is 8.42 Å². The Morgan fingerprint density at radius 1 is 0.970 bits per heavy atom. The lowest BCUT2D eigenvalue weighted by atomic mass is 9.97. The van der Waals surface area contributed by atoms with Crippen molar-refractivity contribution in [3.63, 3.8) is 0 Å². The first-order valence-electron chi connectivity index (χ1n) is 9.41. The topological polar surface area (TPSA) is 76.5 Å². The molecule has 0 saturated heterocycles. The zero-order valence-electron chi connectivity index (χ0n) is 16.9. The minimum absolute atomic E-state index is 0.0867. The number of ether oxygens (including phenoxy) is 1. The summed E-state index contributed by atoms with van der Waals surface area (Å²) in [5.41, 5.74) is -0.362. The zero-order chi connectivity index (χ0) is 23.9. The highest BCUT2D eigenvalue weighted by Crippen LogP contribution is 2.39. The number of benzene rings is 3. The molecule has 0 bridgehead atoms. The lowest BCUT2D eigenvalue weighted by molar-refractivity contribution is 0.151. The molecule has 1 N–H and O–H groups in total. The summed E-state index contributed by atoms with van der Waals surface area (Å²) in [5.74, 6) is -1.63. The molecule has 5 nitrogen and oxygen atoms in total. The molecular formula is C23H15F4NO4S. The Morgan fingerprint density at radius 2 is 1.73 bits per heavy atom. The third-order valence-corrected chi connectivity index (χ3v) is 5.91. The number of hydrogen-bond donors (Lipinski definition) is 1. The maximum atomic E-state index is 15.1. The molecule has 4 aromatic rings. The lowest BCUT2D eigenvalue weighted by Gasteiger charge is -2.14. The molecule has 0 saturated carbocycles. The standard InChI is InChI=1S/C23H15F4NO4S/c1-32-21-11-18(13-6-14(23(26)27)8-15(24)7-13)20(25)10-19(21)22-17-3-2-16(33(29,30)31)9-12(17)4-5-28-22/h2-11,23H,1H3,(H,29,30,31). The highest BCUT2D eigenvalue weighted by atomic mass is 32.2. The number of aromatic nitrogens is 1. The number of nitrogens with zero attached hydrogens (tertiary/aromatic N) is 1. The van der Waals surface area contributed by atoms with E-state index in [0.717, 1.165) is 18.2 Å². The number of alkyl halides is 2. The van der Waals surface area contributed by atoms with Crippen molar-refractivity contribution in [3.8, 4) is 28.1 Å². The van der Waals surface area contributed by atoms with Crippen LogP contribution < -0.4 is 4.74 Å². The van der Waals surface area contributed by atoms with Crippen molar-refractivity contribution in [2.75, 3.05) is 7.11 Å². The Kier molecular flexibility index (Phi) is 5.81. The summed E-state index contributed by atoms with van der Waals surface area (Å²) < 4.78 is 92.7. The second kappa shape index (κ2) is 8.45. The van der Waals surface area contributed by atoms with Crippen LogP contribution in [0.25, 0.3) is 33.2 Å². The summed E-state index contributed by atoms with van der Waals surface area (Å²) in [6, 6.07) is 10.3. The van der Waals surface area contributed by atoms with Gasteiger partial charge < -0.3 is 4.74 Å². The normalized spacial score (nSPS) is 11.8. The second-order valence-corrected chi connectivity index (χ2v) is 8.55. The molecule has 170 valence electrons. The Bertz CT molecular complexity index is 1490. The fourth-order valence-electron chi connectivity index (χ4n) is 3.55. The van der Waals surface area contributed by atoms with E-state index in [2.05, 4.69) is 4.98 Å². The fraction of sp³-hybridized carbons (Fsp3) is 0.0870. The van der Waals surface area contributed by atoms with Crippen molar-refractivity contribution < 1.29 is 35.3 Å². The molecule has 0 radical (unpaired) electrons. The SMILES string of the molecule is COc1cc(-c2cc(F)cc(C(F)F)c2)c(F)cc1-c1nccc2cc(S(=O)(=O)O)ccc12. The highest BCUT2D eigenvalue weighted by Gasteiger charge is 2.19. The van der Waals surface area contributed by atoms with Gasteiger partial charge in [0.15, 0.2) is 0 Å². The molecule has 0 spiro atoms. The molecule has 0 fully saturated rings. The van der Waals surface area contributed by atoms with E-state index in [0.29, 0.717) is 16.8 Å². The van der Waals surface area contributed by atoms with E-state index in [4.69, 9.17) is 4.74 Å². The molecule has 4 rings (SSSR count). The molecule has 0 aliphatic carbocycles. The summed E-state index contributed by atoms with van der Waals surface area (Å²) in [6.45, 7) is 0. The fourth-order valence-corrected chi connectivity index (χ4v) is 4.07. The van der Waals surface area contributed by atoms with Crippen molar-refractivity contribution >= 4 is 20.9 Å². The van der Waals surface area contributed by atoms with Crippen LogP contribution in [0.4, 0.5) is 17.6 Å². The monoisotopic (exact) mass is 477 g/mol. The lowest BCUT2D eigenvalue weighted by Crippen LogP contribution is -1.99. The van der Waals surface area contributed by atoms with Crippen molar-refractivity contribution in [1.82, 2.24) is 4.98 Å². The molecule has 0 aliphatic rings. The van der Waals surface area contributed by atoms with Crippen LogP contribution >= 0.6 is 0 Å². The van der Waals surface area contributed by atoms with Gasteiger partial charge in [0.25, 0.3) is 16.5 Å². The summed E-state index contributed by atoms with van der Waals surface area (Å²) in [5, 5.41) is 0.856. The van der Waals surface area contributed by atoms with Crippen LogP contribution in [-0.2, 0) is 10.1 Å². The first kappa shape index (κ1) is 22.7. The van der Waals surface area contributed by atoms with E-state index in [9.17, 15) is 26.1 Å². The van der Waals surface area contributed by atoms with Crippen LogP contribution in [0.3, 0.4) is 0 Å². The van der Waals surface area contributed by atoms with Gasteiger partial charge in [0.1, 0.15) is 17.4 Å². The Balaban J connectivity index is 1.91. The van der Waals surface area contributed by atoms with Crippen LogP contribution in [0, 0.1) is 11.6 Å². The highest BCUT2D eigenvalue weighted by molar-refractivity contribution is 7.85. The molecule has 0 atom stereocenters. The Morgan fingerprint density at radius 3 is 2.39 bits per heavy atom. The average molecular weight is 477 g/mol. The van der Waals surface area contributed by atoms with Crippen molar-refractivity contribution in [2.24, 2.45) is 0 Å². The van der Waals surface area contributed by atoms with Crippen molar-refractivity contribution in [3.05, 3.63) is 78.0 Å². The molecule has 1 aromatic heterocycles. The average Bonchev–Trinajstić information content (AvgIpc) is 2.77. The predicted molar refractivity (Wildman–Crippen MR) is 114 cm³/mol.